The van der Waals surface area contributed by atoms with Crippen LogP contribution in [0.3, 0.4) is 0 Å². The first-order chi connectivity index (χ1) is 12.3. The molecular weight excluding hydrogens is 396 g/mol. The summed E-state index contributed by atoms with van der Waals surface area (Å²) in [5, 5.41) is 11.6. The second kappa shape index (κ2) is 8.72. The lowest BCUT2D eigenvalue weighted by atomic mass is 10.1. The first kappa shape index (κ1) is 19.8. The Morgan fingerprint density at radius 2 is 1.88 bits per heavy atom. The van der Waals surface area contributed by atoms with Crippen molar-refractivity contribution in [2.75, 3.05) is 0 Å². The Balaban J connectivity index is 2.02. The van der Waals surface area contributed by atoms with Crippen molar-refractivity contribution in [2.24, 2.45) is 0 Å². The number of hydrogen-bond donors (Lipinski definition) is 1. The van der Waals surface area contributed by atoms with Crippen LogP contribution in [-0.2, 0) is 17.9 Å². The average molecular weight is 417 g/mol. The minimum absolute atomic E-state index is 0.289. The molecule has 136 valence electrons. The molecule has 0 fully saturated rings. The van der Waals surface area contributed by atoms with Crippen molar-refractivity contribution < 1.29 is 14.3 Å². The van der Waals surface area contributed by atoms with Gasteiger partial charge in [-0.15, -0.1) is 0 Å². The topological polar surface area (TPSA) is 71.3 Å². The quantitative estimate of drug-likeness (QED) is 0.749. The molecular formula is C20H21BrN2O3. The van der Waals surface area contributed by atoms with Crippen LogP contribution < -0.4 is 10.1 Å². The number of carbonyl (C=O) groups excluding carboxylic acids is 1. The van der Waals surface area contributed by atoms with Crippen LogP contribution in [-0.4, -0.2) is 11.7 Å². The average Bonchev–Trinajstić information content (AvgIpc) is 2.58. The molecule has 0 radical (unpaired) electrons. The lowest BCUT2D eigenvalue weighted by Crippen LogP contribution is -2.32. The van der Waals surface area contributed by atoms with Gasteiger partial charge in [-0.1, -0.05) is 28.1 Å². The number of amides is 1. The van der Waals surface area contributed by atoms with Gasteiger partial charge in [-0.3, -0.25) is 0 Å². The molecule has 26 heavy (non-hydrogen) atoms. The molecule has 0 aromatic heterocycles. The van der Waals surface area contributed by atoms with Crippen LogP contribution in [0.1, 0.15) is 37.5 Å². The number of benzene rings is 2. The summed E-state index contributed by atoms with van der Waals surface area (Å²) in [7, 11) is 0. The summed E-state index contributed by atoms with van der Waals surface area (Å²) in [6.45, 7) is 6.11. The molecule has 2 aromatic carbocycles. The molecule has 0 spiro atoms. The highest BCUT2D eigenvalue weighted by Crippen LogP contribution is 2.24. The highest BCUT2D eigenvalue weighted by molar-refractivity contribution is 9.10. The lowest BCUT2D eigenvalue weighted by molar-refractivity contribution is 0.0523. The van der Waals surface area contributed by atoms with E-state index >= 15 is 0 Å². The number of halogens is 1. The second-order valence-electron chi connectivity index (χ2n) is 6.70. The third-order valence-electron chi connectivity index (χ3n) is 3.32. The molecule has 0 heterocycles. The van der Waals surface area contributed by atoms with E-state index in [9.17, 15) is 4.79 Å². The number of alkyl carbamates (subject to hydrolysis) is 1. The van der Waals surface area contributed by atoms with Crippen molar-refractivity contribution in [3.05, 3.63) is 63.6 Å². The van der Waals surface area contributed by atoms with Crippen LogP contribution in [0.15, 0.2) is 46.9 Å². The Morgan fingerprint density at radius 1 is 1.19 bits per heavy atom. The summed E-state index contributed by atoms with van der Waals surface area (Å²) in [6.07, 6.45) is -0.476. The second-order valence-corrected chi connectivity index (χ2v) is 7.62. The van der Waals surface area contributed by atoms with Gasteiger partial charge in [0.15, 0.2) is 0 Å². The van der Waals surface area contributed by atoms with E-state index in [1.807, 2.05) is 51.1 Å². The van der Waals surface area contributed by atoms with E-state index in [-0.39, 0.29) is 6.54 Å². The van der Waals surface area contributed by atoms with Gasteiger partial charge in [0.2, 0.25) is 0 Å². The fourth-order valence-electron chi connectivity index (χ4n) is 2.15. The zero-order valence-electron chi connectivity index (χ0n) is 15.0. The van der Waals surface area contributed by atoms with Gasteiger partial charge in [0.05, 0.1) is 11.6 Å². The fraction of sp³-hybridized carbons (Fsp3) is 0.300. The van der Waals surface area contributed by atoms with E-state index in [0.29, 0.717) is 17.9 Å². The van der Waals surface area contributed by atoms with Crippen LogP contribution in [0.2, 0.25) is 0 Å². The van der Waals surface area contributed by atoms with Gasteiger partial charge < -0.3 is 14.8 Å². The highest BCUT2D eigenvalue weighted by Gasteiger charge is 2.16. The molecule has 2 rings (SSSR count). The van der Waals surface area contributed by atoms with E-state index in [1.165, 1.54) is 0 Å². The molecule has 0 saturated heterocycles. The summed E-state index contributed by atoms with van der Waals surface area (Å²) < 4.78 is 12.0. The summed E-state index contributed by atoms with van der Waals surface area (Å²) in [5.41, 5.74) is 1.85. The first-order valence-electron chi connectivity index (χ1n) is 8.14. The zero-order chi connectivity index (χ0) is 19.2. The Bertz CT molecular complexity index is 805. The van der Waals surface area contributed by atoms with Gasteiger partial charge in [-0.05, 0) is 56.7 Å². The van der Waals surface area contributed by atoms with Crippen LogP contribution in [0, 0.1) is 11.3 Å². The standard InChI is InChI=1S/C20H21BrN2O3/c1-20(2,3)26-19(24)23-12-16-10-17(21)8-9-18(16)25-13-15-6-4-14(11-22)5-7-15/h4-10H,12-13H2,1-3H3,(H,23,24). The maximum atomic E-state index is 11.9. The van der Waals surface area contributed by atoms with E-state index in [0.717, 1.165) is 15.6 Å². The summed E-state index contributed by atoms with van der Waals surface area (Å²) in [5.74, 6) is 0.675. The lowest BCUT2D eigenvalue weighted by Gasteiger charge is -2.20. The molecule has 0 unspecified atom stereocenters. The fourth-order valence-corrected chi connectivity index (χ4v) is 2.55. The van der Waals surface area contributed by atoms with Gasteiger partial charge >= 0.3 is 6.09 Å². The number of nitrogens with zero attached hydrogens (tertiary/aromatic N) is 1. The Labute approximate surface area is 162 Å². The van der Waals surface area contributed by atoms with E-state index in [1.54, 1.807) is 12.1 Å². The predicted molar refractivity (Wildman–Crippen MR) is 103 cm³/mol. The number of nitriles is 1. The molecule has 0 aliphatic carbocycles. The number of carbonyl (C=O) groups is 1. The van der Waals surface area contributed by atoms with Crippen molar-refractivity contribution in [1.29, 1.82) is 5.26 Å². The first-order valence-corrected chi connectivity index (χ1v) is 8.93. The monoisotopic (exact) mass is 416 g/mol. The minimum atomic E-state index is -0.545. The van der Waals surface area contributed by atoms with E-state index < -0.39 is 11.7 Å². The summed E-state index contributed by atoms with van der Waals surface area (Å²) >= 11 is 3.43. The van der Waals surface area contributed by atoms with Crippen LogP contribution in [0.25, 0.3) is 0 Å². The third-order valence-corrected chi connectivity index (χ3v) is 3.82. The van der Waals surface area contributed by atoms with E-state index in [4.69, 9.17) is 14.7 Å². The van der Waals surface area contributed by atoms with Gasteiger partial charge in [-0.2, -0.15) is 5.26 Å². The molecule has 0 aliphatic heterocycles. The van der Waals surface area contributed by atoms with Crippen molar-refractivity contribution in [1.82, 2.24) is 5.32 Å². The number of rotatable bonds is 5. The number of hydrogen-bond acceptors (Lipinski definition) is 4. The van der Waals surface area contributed by atoms with Crippen LogP contribution in [0.4, 0.5) is 4.79 Å². The van der Waals surface area contributed by atoms with Gasteiger partial charge in [0.1, 0.15) is 18.0 Å². The molecule has 0 atom stereocenters. The molecule has 1 N–H and O–H groups in total. The van der Waals surface area contributed by atoms with Crippen LogP contribution >= 0.6 is 15.9 Å². The van der Waals surface area contributed by atoms with Gasteiger partial charge in [0.25, 0.3) is 0 Å². The normalized spacial score (nSPS) is 10.7. The van der Waals surface area contributed by atoms with Gasteiger partial charge in [-0.25, -0.2) is 4.79 Å². The Morgan fingerprint density at radius 3 is 2.50 bits per heavy atom. The number of ether oxygens (including phenoxy) is 2. The molecule has 0 aliphatic rings. The summed E-state index contributed by atoms with van der Waals surface area (Å²) in [4.78, 5) is 11.9. The minimum Gasteiger partial charge on any atom is -0.489 e. The highest BCUT2D eigenvalue weighted by atomic mass is 79.9. The smallest absolute Gasteiger partial charge is 0.407 e. The van der Waals surface area contributed by atoms with Crippen molar-refractivity contribution in [2.45, 2.75) is 39.5 Å². The number of nitrogens with one attached hydrogen (secondary N) is 1. The molecule has 2 aromatic rings. The van der Waals surface area contributed by atoms with Gasteiger partial charge in [0, 0.05) is 16.6 Å². The zero-order valence-corrected chi connectivity index (χ0v) is 16.6. The molecule has 0 saturated carbocycles. The molecule has 6 heteroatoms. The Hall–Kier alpha value is -2.52. The molecule has 5 nitrogen and oxygen atoms in total. The molecule has 1 amide bonds. The van der Waals surface area contributed by atoms with Crippen molar-refractivity contribution >= 4 is 22.0 Å². The maximum Gasteiger partial charge on any atom is 0.407 e. The molecule has 0 bridgehead atoms. The maximum absolute atomic E-state index is 11.9. The van der Waals surface area contributed by atoms with Crippen molar-refractivity contribution in [3.8, 4) is 11.8 Å². The Kier molecular flexibility index (Phi) is 6.64. The largest absolute Gasteiger partial charge is 0.489 e. The van der Waals surface area contributed by atoms with E-state index in [2.05, 4.69) is 27.3 Å². The van der Waals surface area contributed by atoms with Crippen molar-refractivity contribution in [3.63, 3.8) is 0 Å². The predicted octanol–water partition coefficient (Wildman–Crippen LogP) is 4.92. The summed E-state index contributed by atoms with van der Waals surface area (Å²) in [6, 6.07) is 14.9. The SMILES string of the molecule is CC(C)(C)OC(=O)NCc1cc(Br)ccc1OCc1ccc(C#N)cc1. The third kappa shape index (κ3) is 6.41. The van der Waals surface area contributed by atoms with Crippen LogP contribution in [0.5, 0.6) is 5.75 Å².